The summed E-state index contributed by atoms with van der Waals surface area (Å²) in [5, 5.41) is 2.52. The van der Waals surface area contributed by atoms with E-state index in [9.17, 15) is 0 Å². The molecule has 1 heterocycles. The summed E-state index contributed by atoms with van der Waals surface area (Å²) in [6, 6.07) is 10.4. The minimum atomic E-state index is 0.904. The van der Waals surface area contributed by atoms with E-state index in [1.165, 1.54) is 10.8 Å². The molecule has 0 fully saturated rings. The molecule has 0 aliphatic heterocycles. The topological polar surface area (TPSA) is 12.9 Å². The SMILES string of the molecule is [CH2]CCc1nccc2ccccc12. The van der Waals surface area contributed by atoms with Crippen LogP contribution in [0.3, 0.4) is 0 Å². The molecule has 0 atom stereocenters. The summed E-state index contributed by atoms with van der Waals surface area (Å²) in [6.45, 7) is 3.85. The first-order valence-electron chi connectivity index (χ1n) is 4.53. The molecule has 1 nitrogen and oxygen atoms in total. The molecule has 0 saturated carbocycles. The molecule has 13 heavy (non-hydrogen) atoms. The average molecular weight is 170 g/mol. The Morgan fingerprint density at radius 1 is 1.15 bits per heavy atom. The van der Waals surface area contributed by atoms with E-state index in [2.05, 4.69) is 36.2 Å². The van der Waals surface area contributed by atoms with Crippen molar-refractivity contribution in [2.45, 2.75) is 12.8 Å². The zero-order valence-electron chi connectivity index (χ0n) is 7.53. The van der Waals surface area contributed by atoms with Crippen LogP contribution in [0.25, 0.3) is 10.8 Å². The van der Waals surface area contributed by atoms with Crippen molar-refractivity contribution in [2.75, 3.05) is 0 Å². The number of benzene rings is 1. The number of aromatic nitrogens is 1. The molecule has 2 rings (SSSR count). The van der Waals surface area contributed by atoms with Gasteiger partial charge in [-0.3, -0.25) is 4.98 Å². The van der Waals surface area contributed by atoms with Gasteiger partial charge in [0.05, 0.1) is 0 Å². The third-order valence-electron chi connectivity index (χ3n) is 2.17. The Bertz CT molecular complexity index is 401. The molecule has 1 aromatic carbocycles. The number of nitrogens with zero attached hydrogens (tertiary/aromatic N) is 1. The largest absolute Gasteiger partial charge is 0.261 e. The summed E-state index contributed by atoms with van der Waals surface area (Å²) in [4.78, 5) is 4.36. The number of fused-ring (bicyclic) bond motifs is 1. The highest BCUT2D eigenvalue weighted by molar-refractivity contribution is 5.84. The van der Waals surface area contributed by atoms with Crippen LogP contribution in [0.2, 0.25) is 0 Å². The number of hydrogen-bond acceptors (Lipinski definition) is 1. The van der Waals surface area contributed by atoms with Gasteiger partial charge in [-0.05, 0) is 24.3 Å². The van der Waals surface area contributed by atoms with Crippen molar-refractivity contribution in [1.82, 2.24) is 4.98 Å². The Hall–Kier alpha value is -1.37. The van der Waals surface area contributed by atoms with E-state index >= 15 is 0 Å². The van der Waals surface area contributed by atoms with Crippen LogP contribution in [-0.4, -0.2) is 4.98 Å². The smallest absolute Gasteiger partial charge is 0.0481 e. The molecule has 0 unspecified atom stereocenters. The fourth-order valence-corrected chi connectivity index (χ4v) is 1.55. The quantitative estimate of drug-likeness (QED) is 0.675. The minimum Gasteiger partial charge on any atom is -0.261 e. The van der Waals surface area contributed by atoms with Gasteiger partial charge in [-0.2, -0.15) is 0 Å². The van der Waals surface area contributed by atoms with E-state index in [1.807, 2.05) is 12.3 Å². The monoisotopic (exact) mass is 170 g/mol. The van der Waals surface area contributed by atoms with Gasteiger partial charge in [0.1, 0.15) is 0 Å². The van der Waals surface area contributed by atoms with Crippen LogP contribution in [0.15, 0.2) is 36.5 Å². The second-order valence-corrected chi connectivity index (χ2v) is 3.08. The number of rotatable bonds is 2. The van der Waals surface area contributed by atoms with Gasteiger partial charge in [0.2, 0.25) is 0 Å². The van der Waals surface area contributed by atoms with E-state index in [0.29, 0.717) is 0 Å². The van der Waals surface area contributed by atoms with Gasteiger partial charge in [0.15, 0.2) is 0 Å². The summed E-state index contributed by atoms with van der Waals surface area (Å²) in [7, 11) is 0. The zero-order valence-corrected chi connectivity index (χ0v) is 7.53. The number of aryl methyl sites for hydroxylation is 1. The lowest BCUT2D eigenvalue weighted by Gasteiger charge is -2.02. The average Bonchev–Trinajstić information content (AvgIpc) is 2.19. The molecule has 0 N–H and O–H groups in total. The molecule has 1 heteroatoms. The molecule has 0 spiro atoms. The predicted molar refractivity (Wildman–Crippen MR) is 55.4 cm³/mol. The molecule has 65 valence electrons. The highest BCUT2D eigenvalue weighted by Gasteiger charge is 1.98. The fraction of sp³-hybridized carbons (Fsp3) is 0.167. The highest BCUT2D eigenvalue weighted by atomic mass is 14.7. The van der Waals surface area contributed by atoms with Crippen molar-refractivity contribution in [1.29, 1.82) is 0 Å². The van der Waals surface area contributed by atoms with Crippen LogP contribution < -0.4 is 0 Å². The van der Waals surface area contributed by atoms with Crippen LogP contribution in [0.5, 0.6) is 0 Å². The van der Waals surface area contributed by atoms with Gasteiger partial charge in [-0.25, -0.2) is 0 Å². The predicted octanol–water partition coefficient (Wildman–Crippen LogP) is 3.00. The minimum absolute atomic E-state index is 0.904. The lowest BCUT2D eigenvalue weighted by atomic mass is 10.1. The molecular weight excluding hydrogens is 158 g/mol. The maximum Gasteiger partial charge on any atom is 0.0481 e. The van der Waals surface area contributed by atoms with Crippen molar-refractivity contribution >= 4 is 10.8 Å². The number of pyridine rings is 1. The van der Waals surface area contributed by atoms with Gasteiger partial charge < -0.3 is 0 Å². The van der Waals surface area contributed by atoms with E-state index in [1.54, 1.807) is 0 Å². The van der Waals surface area contributed by atoms with E-state index < -0.39 is 0 Å². The molecule has 0 aliphatic carbocycles. The lowest BCUT2D eigenvalue weighted by Crippen LogP contribution is -1.89. The highest BCUT2D eigenvalue weighted by Crippen LogP contribution is 2.16. The summed E-state index contributed by atoms with van der Waals surface area (Å²) in [5.74, 6) is 0. The molecule has 2 aromatic rings. The Morgan fingerprint density at radius 2 is 2.00 bits per heavy atom. The van der Waals surface area contributed by atoms with Crippen LogP contribution in [0.1, 0.15) is 12.1 Å². The first kappa shape index (κ1) is 8.24. The van der Waals surface area contributed by atoms with Crippen molar-refractivity contribution in [3.63, 3.8) is 0 Å². The van der Waals surface area contributed by atoms with Crippen LogP contribution >= 0.6 is 0 Å². The Kier molecular flexibility index (Phi) is 2.26. The molecule has 0 aliphatic rings. The zero-order chi connectivity index (χ0) is 9.10. The molecular formula is C12H12N. The lowest BCUT2D eigenvalue weighted by molar-refractivity contribution is 0.956. The fourth-order valence-electron chi connectivity index (χ4n) is 1.55. The van der Waals surface area contributed by atoms with Crippen molar-refractivity contribution < 1.29 is 0 Å². The van der Waals surface area contributed by atoms with E-state index in [-0.39, 0.29) is 0 Å². The molecule has 1 radical (unpaired) electrons. The van der Waals surface area contributed by atoms with Crippen LogP contribution in [0, 0.1) is 6.92 Å². The van der Waals surface area contributed by atoms with Crippen LogP contribution in [0.4, 0.5) is 0 Å². The summed E-state index contributed by atoms with van der Waals surface area (Å²) >= 11 is 0. The van der Waals surface area contributed by atoms with E-state index in [4.69, 9.17) is 0 Å². The summed E-state index contributed by atoms with van der Waals surface area (Å²) in [5.41, 5.74) is 1.16. The van der Waals surface area contributed by atoms with Crippen molar-refractivity contribution in [3.8, 4) is 0 Å². The van der Waals surface area contributed by atoms with Gasteiger partial charge in [0.25, 0.3) is 0 Å². The number of hydrogen-bond donors (Lipinski definition) is 0. The first-order valence-corrected chi connectivity index (χ1v) is 4.53. The third kappa shape index (κ3) is 1.55. The first-order chi connectivity index (χ1) is 6.42. The maximum atomic E-state index is 4.36. The van der Waals surface area contributed by atoms with Crippen molar-refractivity contribution in [3.05, 3.63) is 49.1 Å². The van der Waals surface area contributed by atoms with Gasteiger partial charge in [-0.1, -0.05) is 31.2 Å². The maximum absolute atomic E-state index is 4.36. The third-order valence-corrected chi connectivity index (χ3v) is 2.17. The van der Waals surface area contributed by atoms with E-state index in [0.717, 1.165) is 18.5 Å². The van der Waals surface area contributed by atoms with Gasteiger partial charge >= 0.3 is 0 Å². The second-order valence-electron chi connectivity index (χ2n) is 3.08. The summed E-state index contributed by atoms with van der Waals surface area (Å²) in [6.07, 6.45) is 3.73. The summed E-state index contributed by atoms with van der Waals surface area (Å²) < 4.78 is 0. The Morgan fingerprint density at radius 3 is 2.85 bits per heavy atom. The second kappa shape index (κ2) is 3.56. The normalized spacial score (nSPS) is 10.5. The Balaban J connectivity index is 2.61. The standard InChI is InChI=1S/C12H12N/c1-2-5-12-11-7-4-3-6-10(11)8-9-13-12/h3-4,6-9H,1-2,5H2. The Labute approximate surface area is 78.4 Å². The molecule has 0 saturated heterocycles. The molecule has 1 aromatic heterocycles. The molecule has 0 amide bonds. The van der Waals surface area contributed by atoms with Gasteiger partial charge in [0, 0.05) is 17.3 Å². The van der Waals surface area contributed by atoms with Crippen molar-refractivity contribution in [2.24, 2.45) is 0 Å². The van der Waals surface area contributed by atoms with Crippen LogP contribution in [-0.2, 0) is 6.42 Å². The van der Waals surface area contributed by atoms with Gasteiger partial charge in [-0.15, -0.1) is 0 Å². The molecule has 0 bridgehead atoms.